The number of benzene rings is 1. The first-order valence-corrected chi connectivity index (χ1v) is 5.93. The van der Waals surface area contributed by atoms with Gasteiger partial charge in [0, 0.05) is 0 Å². The van der Waals surface area contributed by atoms with Crippen molar-refractivity contribution in [1.29, 1.82) is 0 Å². The Labute approximate surface area is 72.6 Å². The van der Waals surface area contributed by atoms with Crippen LogP contribution in [-0.4, -0.2) is 24.0 Å². The molecule has 1 N–H and O–H groups in total. The fourth-order valence-electron chi connectivity index (χ4n) is 0.726. The van der Waals surface area contributed by atoms with Crippen molar-refractivity contribution in [2.45, 2.75) is 0 Å². The molecule has 1 rings (SSSR count). The summed E-state index contributed by atoms with van der Waals surface area (Å²) in [4.78, 5) is 9.61. The number of nitro groups is 1. The maximum absolute atomic E-state index is 10.6. The number of nitro benzene ring substituents is 1. The average Bonchev–Trinajstić information content (AvgIpc) is 2.04. The van der Waals surface area contributed by atoms with Crippen molar-refractivity contribution in [3.8, 4) is 0 Å². The number of hydrogen-bond acceptors (Lipinski definition) is 3. The van der Waals surface area contributed by atoms with E-state index in [1.807, 2.05) is 0 Å². The van der Waals surface area contributed by atoms with Gasteiger partial charge in [-0.1, -0.05) is 0 Å². The molecular weight excluding hydrogens is 225 g/mol. The van der Waals surface area contributed by atoms with Gasteiger partial charge in [-0.05, 0) is 0 Å². The molecule has 0 aliphatic heterocycles. The zero-order chi connectivity index (χ0) is 9.14. The van der Waals surface area contributed by atoms with E-state index in [1.54, 1.807) is 0 Å². The number of nitrogens with zero attached hydrogens (tertiary/aromatic N) is 1. The van der Waals surface area contributed by atoms with Gasteiger partial charge in [0.15, 0.2) is 0 Å². The molecule has 0 aliphatic rings. The third kappa shape index (κ3) is 1.96. The van der Waals surface area contributed by atoms with Crippen molar-refractivity contribution in [3.63, 3.8) is 0 Å². The van der Waals surface area contributed by atoms with Crippen LogP contribution in [0, 0.1) is 10.1 Å². The summed E-state index contributed by atoms with van der Waals surface area (Å²) in [5.41, 5.74) is -0.0711. The van der Waals surface area contributed by atoms with Gasteiger partial charge in [-0.15, -0.1) is 0 Å². The first-order valence-electron chi connectivity index (χ1n) is 3.09. The SMILES string of the molecule is O=[N+]([O-])c1ccc([AsH](=O)O)cc1. The Balaban J connectivity index is 3.01. The third-order valence-corrected chi connectivity index (χ3v) is 3.06. The van der Waals surface area contributed by atoms with Crippen molar-refractivity contribution < 1.29 is 12.8 Å². The number of non-ortho nitro benzene ring substituents is 1. The van der Waals surface area contributed by atoms with Crippen molar-refractivity contribution in [2.75, 3.05) is 0 Å². The molecule has 0 aromatic heterocycles. The monoisotopic (exact) mass is 231 g/mol. The molecule has 12 heavy (non-hydrogen) atoms. The van der Waals surface area contributed by atoms with Crippen LogP contribution < -0.4 is 4.35 Å². The number of hydrogen-bond donors (Lipinski definition) is 1. The second-order valence-electron chi connectivity index (χ2n) is 2.11. The van der Waals surface area contributed by atoms with E-state index >= 15 is 0 Å². The maximum atomic E-state index is 10.6. The molecule has 6 heteroatoms. The van der Waals surface area contributed by atoms with Crippen molar-refractivity contribution in [1.82, 2.24) is 0 Å². The third-order valence-electron chi connectivity index (χ3n) is 1.33. The quantitative estimate of drug-likeness (QED) is 0.420. The molecular formula is C6H6AsNO4. The molecule has 1 aromatic carbocycles. The zero-order valence-electron chi connectivity index (χ0n) is 5.93. The molecule has 0 amide bonds. The van der Waals surface area contributed by atoms with Gasteiger partial charge in [0.05, 0.1) is 0 Å². The van der Waals surface area contributed by atoms with Crippen LogP contribution in [-0.2, 0) is 3.74 Å². The summed E-state index contributed by atoms with van der Waals surface area (Å²) in [6.45, 7) is 0. The van der Waals surface area contributed by atoms with E-state index in [-0.39, 0.29) is 5.69 Å². The standard InChI is InChI=1S/C6H6AsNO4/c9-7(10)5-1-3-6(4-2-5)8(11)12/h1-4,7H,(H,9,10). The van der Waals surface area contributed by atoms with E-state index in [4.69, 9.17) is 4.10 Å². The first-order chi connectivity index (χ1) is 5.61. The van der Waals surface area contributed by atoms with Gasteiger partial charge in [0.1, 0.15) is 0 Å². The molecule has 0 saturated heterocycles. The second kappa shape index (κ2) is 3.56. The Morgan fingerprint density at radius 2 is 1.83 bits per heavy atom. The molecule has 1 aromatic rings. The summed E-state index contributed by atoms with van der Waals surface area (Å²) in [5.74, 6) is 0. The molecule has 0 fully saturated rings. The molecule has 0 spiro atoms. The topological polar surface area (TPSA) is 80.4 Å². The molecule has 1 atom stereocenters. The second-order valence-corrected chi connectivity index (χ2v) is 4.60. The minimum atomic E-state index is -3.30. The van der Waals surface area contributed by atoms with E-state index in [1.165, 1.54) is 24.3 Å². The van der Waals surface area contributed by atoms with Gasteiger partial charge < -0.3 is 0 Å². The summed E-state index contributed by atoms with van der Waals surface area (Å²) in [6.07, 6.45) is 0. The van der Waals surface area contributed by atoms with Crippen LogP contribution >= 0.6 is 0 Å². The van der Waals surface area contributed by atoms with Crippen molar-refractivity contribution in [3.05, 3.63) is 34.4 Å². The predicted molar refractivity (Wildman–Crippen MR) is 42.8 cm³/mol. The van der Waals surface area contributed by atoms with E-state index < -0.39 is 19.9 Å². The normalized spacial score (nSPS) is 12.4. The Kier molecular flexibility index (Phi) is 2.68. The van der Waals surface area contributed by atoms with E-state index in [0.29, 0.717) is 4.35 Å². The Hall–Kier alpha value is -1.06. The Morgan fingerprint density at radius 3 is 2.17 bits per heavy atom. The van der Waals surface area contributed by atoms with Crippen LogP contribution in [0.25, 0.3) is 0 Å². The van der Waals surface area contributed by atoms with Gasteiger partial charge in [-0.25, -0.2) is 0 Å². The molecule has 0 bridgehead atoms. The van der Waals surface area contributed by atoms with Gasteiger partial charge in [-0.3, -0.25) is 0 Å². The zero-order valence-corrected chi connectivity index (χ0v) is 8.03. The fourth-order valence-corrected chi connectivity index (χ4v) is 1.67. The van der Waals surface area contributed by atoms with Crippen molar-refractivity contribution in [2.24, 2.45) is 0 Å². The first kappa shape index (κ1) is 9.03. The molecule has 0 aliphatic carbocycles. The Bertz CT molecular complexity index is 288. The van der Waals surface area contributed by atoms with E-state index in [0.717, 1.165) is 0 Å². The average molecular weight is 231 g/mol. The predicted octanol–water partition coefficient (Wildman–Crippen LogP) is -0.555. The van der Waals surface area contributed by atoms with Gasteiger partial charge in [0.2, 0.25) is 0 Å². The van der Waals surface area contributed by atoms with E-state index in [2.05, 4.69) is 0 Å². The summed E-state index contributed by atoms with van der Waals surface area (Å²) < 4.78 is 19.5. The number of rotatable bonds is 2. The molecule has 1 unspecified atom stereocenters. The molecule has 0 saturated carbocycles. The van der Waals surface area contributed by atoms with Crippen LogP contribution in [0.2, 0.25) is 0 Å². The van der Waals surface area contributed by atoms with Gasteiger partial charge in [0.25, 0.3) is 0 Å². The van der Waals surface area contributed by atoms with Crippen molar-refractivity contribution >= 4 is 25.0 Å². The van der Waals surface area contributed by atoms with E-state index in [9.17, 15) is 13.9 Å². The fraction of sp³-hybridized carbons (Fsp3) is 0. The summed E-state index contributed by atoms with van der Waals surface area (Å²) in [5, 5.41) is 10.2. The molecule has 0 heterocycles. The summed E-state index contributed by atoms with van der Waals surface area (Å²) in [7, 11) is 0. The van der Waals surface area contributed by atoms with Crippen LogP contribution in [0.4, 0.5) is 5.69 Å². The molecule has 0 radical (unpaired) electrons. The summed E-state index contributed by atoms with van der Waals surface area (Å²) >= 11 is -3.30. The minimum absolute atomic E-state index is 0.0711. The van der Waals surface area contributed by atoms with Crippen LogP contribution in [0.1, 0.15) is 0 Å². The van der Waals surface area contributed by atoms with Gasteiger partial charge in [-0.2, -0.15) is 0 Å². The van der Waals surface area contributed by atoms with Gasteiger partial charge >= 0.3 is 72.1 Å². The van der Waals surface area contributed by atoms with Crippen LogP contribution in [0.5, 0.6) is 0 Å². The molecule has 64 valence electrons. The molecule has 5 nitrogen and oxygen atoms in total. The Morgan fingerprint density at radius 1 is 1.33 bits per heavy atom. The summed E-state index contributed by atoms with van der Waals surface area (Å²) in [6, 6.07) is 5.05. The van der Waals surface area contributed by atoms with Crippen LogP contribution in [0.3, 0.4) is 0 Å². The van der Waals surface area contributed by atoms with Crippen LogP contribution in [0.15, 0.2) is 24.3 Å².